The van der Waals surface area contributed by atoms with Gasteiger partial charge in [-0.3, -0.25) is 13.9 Å². The molecule has 1 N–H and O–H groups in total. The summed E-state index contributed by atoms with van der Waals surface area (Å²) in [6.45, 7) is 1.28. The average molecular weight is 421 g/mol. The van der Waals surface area contributed by atoms with Crippen molar-refractivity contribution in [2.45, 2.75) is 19.5 Å². The Balaban J connectivity index is 2.31. The molecule has 0 saturated heterocycles. The van der Waals surface area contributed by atoms with Gasteiger partial charge in [-0.2, -0.15) is 0 Å². The van der Waals surface area contributed by atoms with Crippen molar-refractivity contribution in [1.29, 1.82) is 0 Å². The lowest BCUT2D eigenvalue weighted by Gasteiger charge is -2.17. The molecule has 26 heavy (non-hydrogen) atoms. The molecule has 0 spiro atoms. The van der Waals surface area contributed by atoms with Crippen molar-refractivity contribution in [2.24, 2.45) is 0 Å². The molecule has 0 saturated carbocycles. The molecule has 3 aromatic rings. The van der Waals surface area contributed by atoms with E-state index in [-0.39, 0.29) is 17.4 Å². The van der Waals surface area contributed by atoms with Gasteiger partial charge >= 0.3 is 11.7 Å². The third-order valence-corrected chi connectivity index (χ3v) is 4.66. The number of aliphatic carboxylic acids is 1. The Morgan fingerprint density at radius 2 is 1.85 bits per heavy atom. The number of rotatable bonds is 4. The first-order valence-electron chi connectivity index (χ1n) is 7.71. The normalized spacial score (nSPS) is 12.3. The maximum Gasteiger partial charge on any atom is 0.332 e. The first-order chi connectivity index (χ1) is 12.3. The zero-order chi connectivity index (χ0) is 19.0. The number of halogens is 2. The molecule has 0 fully saturated rings. The molecule has 0 radical (unpaired) electrons. The molecule has 1 unspecified atom stereocenters. The van der Waals surface area contributed by atoms with Gasteiger partial charge in [0.15, 0.2) is 0 Å². The molecule has 1 aromatic heterocycles. The van der Waals surface area contributed by atoms with Gasteiger partial charge in [0.25, 0.3) is 5.56 Å². The van der Waals surface area contributed by atoms with Gasteiger partial charge in [0.2, 0.25) is 0 Å². The molecule has 2 aromatic carbocycles. The van der Waals surface area contributed by atoms with Crippen LogP contribution in [0.25, 0.3) is 10.9 Å². The van der Waals surface area contributed by atoms with Crippen LogP contribution in [0.3, 0.4) is 0 Å². The van der Waals surface area contributed by atoms with Crippen LogP contribution in [-0.2, 0) is 11.3 Å². The highest BCUT2D eigenvalue weighted by molar-refractivity contribution is 9.10. The molecule has 0 aliphatic carbocycles. The zero-order valence-corrected chi connectivity index (χ0v) is 15.2. The van der Waals surface area contributed by atoms with Crippen LogP contribution in [-0.4, -0.2) is 20.2 Å². The summed E-state index contributed by atoms with van der Waals surface area (Å²) >= 11 is 3.31. The summed E-state index contributed by atoms with van der Waals surface area (Å²) in [4.78, 5) is 37.0. The van der Waals surface area contributed by atoms with Crippen LogP contribution in [0.5, 0.6) is 0 Å². The average Bonchev–Trinajstić information content (AvgIpc) is 2.60. The Kier molecular flexibility index (Phi) is 4.78. The van der Waals surface area contributed by atoms with Crippen LogP contribution in [0.2, 0.25) is 0 Å². The number of benzene rings is 2. The second-order valence-electron chi connectivity index (χ2n) is 5.85. The Bertz CT molecular complexity index is 1120. The number of carboxylic acid groups (broad SMARTS) is 1. The third kappa shape index (κ3) is 3.20. The van der Waals surface area contributed by atoms with E-state index in [2.05, 4.69) is 15.9 Å². The number of hydrogen-bond donors (Lipinski definition) is 1. The van der Waals surface area contributed by atoms with Crippen LogP contribution in [0.1, 0.15) is 18.5 Å². The molecular weight excluding hydrogens is 407 g/mol. The van der Waals surface area contributed by atoms with Gasteiger partial charge in [0.1, 0.15) is 11.9 Å². The van der Waals surface area contributed by atoms with Crippen LogP contribution in [0.15, 0.2) is 56.5 Å². The summed E-state index contributed by atoms with van der Waals surface area (Å²) in [6.07, 6.45) is 0. The van der Waals surface area contributed by atoms with E-state index in [1.54, 1.807) is 24.3 Å². The Morgan fingerprint density at radius 1 is 1.19 bits per heavy atom. The number of fused-ring (bicyclic) bond motifs is 1. The van der Waals surface area contributed by atoms with Crippen molar-refractivity contribution in [3.8, 4) is 0 Å². The number of nitrogens with zero attached hydrogens (tertiary/aromatic N) is 2. The molecule has 8 heteroatoms. The van der Waals surface area contributed by atoms with Gasteiger partial charge < -0.3 is 5.11 Å². The van der Waals surface area contributed by atoms with E-state index < -0.39 is 29.1 Å². The van der Waals surface area contributed by atoms with Crippen LogP contribution >= 0.6 is 15.9 Å². The van der Waals surface area contributed by atoms with Gasteiger partial charge in [0, 0.05) is 4.47 Å². The Morgan fingerprint density at radius 3 is 2.46 bits per heavy atom. The molecule has 3 rings (SSSR count). The molecule has 1 heterocycles. The lowest BCUT2D eigenvalue weighted by molar-refractivity contribution is -0.140. The minimum Gasteiger partial charge on any atom is -0.480 e. The Labute approximate surface area is 155 Å². The standard InChI is InChI=1S/C18H14BrFN2O4/c1-10(17(24)25)22-15-8-13(20)6-7-14(15)16(23)21(18(22)26)9-11-2-4-12(19)5-3-11/h2-8,10H,9H2,1H3,(H,24,25). The van der Waals surface area contributed by atoms with Crippen molar-refractivity contribution in [1.82, 2.24) is 9.13 Å². The number of aromatic nitrogens is 2. The summed E-state index contributed by atoms with van der Waals surface area (Å²) in [6, 6.07) is 9.14. The van der Waals surface area contributed by atoms with E-state index in [0.717, 1.165) is 25.7 Å². The van der Waals surface area contributed by atoms with E-state index in [9.17, 15) is 23.9 Å². The maximum atomic E-state index is 13.7. The van der Waals surface area contributed by atoms with E-state index >= 15 is 0 Å². The van der Waals surface area contributed by atoms with Crippen molar-refractivity contribution < 1.29 is 14.3 Å². The quantitative estimate of drug-likeness (QED) is 0.703. The lowest BCUT2D eigenvalue weighted by atomic mass is 10.2. The van der Waals surface area contributed by atoms with Crippen molar-refractivity contribution in [3.05, 3.63) is 79.2 Å². The molecule has 6 nitrogen and oxygen atoms in total. The van der Waals surface area contributed by atoms with Gasteiger partial charge in [0.05, 0.1) is 17.4 Å². The van der Waals surface area contributed by atoms with E-state index in [1.807, 2.05) is 0 Å². The van der Waals surface area contributed by atoms with Gasteiger partial charge in [-0.25, -0.2) is 14.0 Å². The smallest absolute Gasteiger partial charge is 0.332 e. The van der Waals surface area contributed by atoms with E-state index in [0.29, 0.717) is 5.56 Å². The molecule has 0 aliphatic rings. The number of carboxylic acids is 1. The first kappa shape index (κ1) is 18.1. The second-order valence-corrected chi connectivity index (χ2v) is 6.76. The van der Waals surface area contributed by atoms with Crippen molar-refractivity contribution in [3.63, 3.8) is 0 Å². The predicted octanol–water partition coefficient (Wildman–Crippen LogP) is 2.76. The summed E-state index contributed by atoms with van der Waals surface area (Å²) in [5.41, 5.74) is -0.738. The highest BCUT2D eigenvalue weighted by atomic mass is 79.9. The monoisotopic (exact) mass is 420 g/mol. The highest BCUT2D eigenvalue weighted by Gasteiger charge is 2.22. The second kappa shape index (κ2) is 6.87. The Hall–Kier alpha value is -2.74. The van der Waals surface area contributed by atoms with Gasteiger partial charge in [-0.15, -0.1) is 0 Å². The maximum absolute atomic E-state index is 13.7. The molecule has 0 aliphatic heterocycles. The summed E-state index contributed by atoms with van der Waals surface area (Å²) < 4.78 is 16.4. The SMILES string of the molecule is CC(C(=O)O)n1c(=O)n(Cc2ccc(Br)cc2)c(=O)c2ccc(F)cc21. The van der Waals surface area contributed by atoms with E-state index in [4.69, 9.17) is 0 Å². The summed E-state index contributed by atoms with van der Waals surface area (Å²) in [7, 11) is 0. The molecular formula is C18H14BrFN2O4. The minimum atomic E-state index is -1.26. The summed E-state index contributed by atoms with van der Waals surface area (Å²) in [5.74, 6) is -1.92. The third-order valence-electron chi connectivity index (χ3n) is 4.13. The first-order valence-corrected chi connectivity index (χ1v) is 8.50. The van der Waals surface area contributed by atoms with Crippen molar-refractivity contribution >= 4 is 32.8 Å². The fourth-order valence-corrected chi connectivity index (χ4v) is 3.01. The topological polar surface area (TPSA) is 81.3 Å². The van der Waals surface area contributed by atoms with Gasteiger partial charge in [-0.05, 0) is 42.8 Å². The van der Waals surface area contributed by atoms with Crippen LogP contribution in [0.4, 0.5) is 4.39 Å². The minimum absolute atomic E-state index is 0.0232. The number of hydrogen-bond acceptors (Lipinski definition) is 3. The molecule has 0 amide bonds. The largest absolute Gasteiger partial charge is 0.480 e. The van der Waals surface area contributed by atoms with E-state index in [1.165, 1.54) is 13.0 Å². The number of carbonyl (C=O) groups is 1. The summed E-state index contributed by atoms with van der Waals surface area (Å²) in [5, 5.41) is 9.40. The predicted molar refractivity (Wildman–Crippen MR) is 98.0 cm³/mol. The molecule has 0 bridgehead atoms. The van der Waals surface area contributed by atoms with Crippen molar-refractivity contribution in [2.75, 3.05) is 0 Å². The molecule has 134 valence electrons. The van der Waals surface area contributed by atoms with Gasteiger partial charge in [-0.1, -0.05) is 28.1 Å². The fourth-order valence-electron chi connectivity index (χ4n) is 2.75. The van der Waals surface area contributed by atoms with Crippen LogP contribution < -0.4 is 11.2 Å². The lowest BCUT2D eigenvalue weighted by Crippen LogP contribution is -2.42. The van der Waals surface area contributed by atoms with Crippen LogP contribution in [0, 0.1) is 5.82 Å². The highest BCUT2D eigenvalue weighted by Crippen LogP contribution is 2.16. The fraction of sp³-hybridized carbons (Fsp3) is 0.167. The molecule has 1 atom stereocenters. The zero-order valence-electron chi connectivity index (χ0n) is 13.6.